The molecule has 2 aliphatic heterocycles. The summed E-state index contributed by atoms with van der Waals surface area (Å²) in [6.45, 7) is 1.99. The molecule has 9 heteroatoms. The number of para-hydroxylation sites is 1. The van der Waals surface area contributed by atoms with Crippen molar-refractivity contribution < 1.29 is 23.9 Å². The summed E-state index contributed by atoms with van der Waals surface area (Å²) >= 11 is 1.56. The molecule has 32 heavy (non-hydrogen) atoms. The number of hydrogen-bond donors (Lipinski definition) is 2. The van der Waals surface area contributed by atoms with E-state index in [0.29, 0.717) is 34.9 Å². The van der Waals surface area contributed by atoms with Crippen molar-refractivity contribution in [2.24, 2.45) is 0 Å². The maximum atomic E-state index is 13.0. The number of rotatable bonds is 7. The Balaban J connectivity index is 1.60. The molecule has 1 atom stereocenters. The second kappa shape index (κ2) is 9.35. The van der Waals surface area contributed by atoms with Crippen molar-refractivity contribution in [2.75, 3.05) is 31.3 Å². The molecule has 2 aliphatic rings. The van der Waals surface area contributed by atoms with Gasteiger partial charge in [0.15, 0.2) is 0 Å². The molecular formula is C23H23N3O5S. The fourth-order valence-electron chi connectivity index (χ4n) is 3.76. The van der Waals surface area contributed by atoms with Gasteiger partial charge in [-0.1, -0.05) is 24.3 Å². The average molecular weight is 454 g/mol. The lowest BCUT2D eigenvalue weighted by atomic mass is 9.95. The van der Waals surface area contributed by atoms with E-state index >= 15 is 0 Å². The summed E-state index contributed by atoms with van der Waals surface area (Å²) < 4.78 is 10.9. The Labute approximate surface area is 189 Å². The van der Waals surface area contributed by atoms with E-state index in [9.17, 15) is 14.4 Å². The number of carbonyl (C=O) groups excluding carboxylic acids is 3. The van der Waals surface area contributed by atoms with Crippen molar-refractivity contribution >= 4 is 35.4 Å². The Bertz CT molecular complexity index is 1100. The number of amides is 3. The van der Waals surface area contributed by atoms with Crippen LogP contribution in [0.1, 0.15) is 18.5 Å². The van der Waals surface area contributed by atoms with Crippen molar-refractivity contribution in [1.29, 1.82) is 0 Å². The number of ether oxygens (including phenoxy) is 2. The Morgan fingerprint density at radius 3 is 2.84 bits per heavy atom. The quantitative estimate of drug-likeness (QED) is 0.493. The highest BCUT2D eigenvalue weighted by molar-refractivity contribution is 7.98. The Morgan fingerprint density at radius 1 is 1.25 bits per heavy atom. The fourth-order valence-corrected chi connectivity index (χ4v) is 4.22. The van der Waals surface area contributed by atoms with Crippen molar-refractivity contribution in [3.05, 3.63) is 65.4 Å². The van der Waals surface area contributed by atoms with Gasteiger partial charge in [-0.05, 0) is 37.4 Å². The van der Waals surface area contributed by atoms with Gasteiger partial charge in [-0.3, -0.25) is 9.69 Å². The summed E-state index contributed by atoms with van der Waals surface area (Å²) in [4.78, 5) is 40.5. The number of cyclic esters (lactones) is 1. The average Bonchev–Trinajstić information content (AvgIpc) is 3.18. The second-order valence-corrected chi connectivity index (χ2v) is 8.04. The van der Waals surface area contributed by atoms with Gasteiger partial charge in [0.1, 0.15) is 18.9 Å². The molecule has 0 saturated carbocycles. The normalized spacial score (nSPS) is 17.6. The van der Waals surface area contributed by atoms with Gasteiger partial charge in [-0.2, -0.15) is 0 Å². The fraction of sp³-hybridized carbons (Fsp3) is 0.261. The van der Waals surface area contributed by atoms with Gasteiger partial charge in [-0.15, -0.1) is 11.8 Å². The van der Waals surface area contributed by atoms with Crippen LogP contribution in [0.15, 0.2) is 64.7 Å². The molecule has 8 nitrogen and oxygen atoms in total. The number of esters is 1. The first-order chi connectivity index (χ1) is 15.5. The Hall–Kier alpha value is -3.46. The summed E-state index contributed by atoms with van der Waals surface area (Å²) in [7, 11) is 0. The van der Waals surface area contributed by atoms with E-state index in [1.54, 1.807) is 30.0 Å². The highest BCUT2D eigenvalue weighted by Crippen LogP contribution is 2.38. The monoisotopic (exact) mass is 453 g/mol. The van der Waals surface area contributed by atoms with Crippen molar-refractivity contribution in [3.8, 4) is 5.75 Å². The number of nitrogens with zero attached hydrogens (tertiary/aromatic N) is 1. The van der Waals surface area contributed by atoms with Gasteiger partial charge < -0.3 is 20.1 Å². The minimum Gasteiger partial charge on any atom is -0.494 e. The van der Waals surface area contributed by atoms with Gasteiger partial charge in [0.05, 0.1) is 23.9 Å². The molecule has 0 aliphatic carbocycles. The maximum Gasteiger partial charge on any atom is 0.338 e. The molecule has 0 saturated heterocycles. The number of anilines is 1. The molecule has 0 unspecified atom stereocenters. The number of nitrogens with one attached hydrogen (secondary N) is 2. The van der Waals surface area contributed by atoms with Gasteiger partial charge in [0.25, 0.3) is 0 Å². The number of carbonyl (C=O) groups is 3. The molecule has 0 spiro atoms. The number of thioether (sulfide) groups is 1. The molecule has 4 rings (SSSR count). The zero-order valence-corrected chi connectivity index (χ0v) is 18.5. The van der Waals surface area contributed by atoms with E-state index in [0.717, 1.165) is 4.90 Å². The van der Waals surface area contributed by atoms with Gasteiger partial charge in [0.2, 0.25) is 5.91 Å². The summed E-state index contributed by atoms with van der Waals surface area (Å²) in [5, 5.41) is 5.64. The molecule has 0 fully saturated rings. The lowest BCUT2D eigenvalue weighted by Crippen LogP contribution is -2.49. The molecule has 2 heterocycles. The van der Waals surface area contributed by atoms with Gasteiger partial charge in [0, 0.05) is 16.1 Å². The van der Waals surface area contributed by atoms with Crippen LogP contribution in [0.3, 0.4) is 0 Å². The van der Waals surface area contributed by atoms with E-state index in [1.807, 2.05) is 43.5 Å². The van der Waals surface area contributed by atoms with Crippen LogP contribution in [-0.2, 0) is 14.3 Å². The molecule has 0 radical (unpaired) electrons. The number of hydrogen-bond acceptors (Lipinski definition) is 6. The minimum atomic E-state index is -0.715. The zero-order chi connectivity index (χ0) is 22.7. The Morgan fingerprint density at radius 2 is 2.06 bits per heavy atom. The SMILES string of the molecule is CCOc1ccccc1[C@@H]1NC(=O)N(CC(=O)Nc2cccc(SC)c2)C2=C1C(=O)OC2. The molecule has 2 aromatic rings. The number of benzene rings is 2. The second-order valence-electron chi connectivity index (χ2n) is 7.16. The third-order valence-corrected chi connectivity index (χ3v) is 5.91. The highest BCUT2D eigenvalue weighted by Gasteiger charge is 2.43. The van der Waals surface area contributed by atoms with Crippen LogP contribution in [0.2, 0.25) is 0 Å². The van der Waals surface area contributed by atoms with Crippen molar-refractivity contribution in [1.82, 2.24) is 10.2 Å². The maximum absolute atomic E-state index is 13.0. The molecule has 0 bridgehead atoms. The van der Waals surface area contributed by atoms with Crippen molar-refractivity contribution in [3.63, 3.8) is 0 Å². The standard InChI is InChI=1S/C23H23N3O5S/c1-3-30-18-10-5-4-9-16(18)21-20-17(13-31-22(20)28)26(23(29)25-21)12-19(27)24-14-7-6-8-15(11-14)32-2/h4-11,21H,3,12-13H2,1-2H3,(H,24,27)(H,25,29)/t21-/m0/s1. The van der Waals surface area contributed by atoms with E-state index < -0.39 is 18.0 Å². The molecule has 0 aromatic heterocycles. The topological polar surface area (TPSA) is 97.0 Å². The van der Waals surface area contributed by atoms with Crippen LogP contribution >= 0.6 is 11.8 Å². The summed E-state index contributed by atoms with van der Waals surface area (Å²) in [5.74, 6) is -0.320. The number of urea groups is 1. The molecule has 166 valence electrons. The van der Waals surface area contributed by atoms with Crippen LogP contribution in [0.25, 0.3) is 0 Å². The van der Waals surface area contributed by atoms with Gasteiger partial charge in [-0.25, -0.2) is 9.59 Å². The summed E-state index contributed by atoms with van der Waals surface area (Å²) in [6.07, 6.45) is 1.95. The van der Waals surface area contributed by atoms with Crippen LogP contribution in [0.5, 0.6) is 5.75 Å². The smallest absolute Gasteiger partial charge is 0.338 e. The molecule has 2 N–H and O–H groups in total. The van der Waals surface area contributed by atoms with Crippen LogP contribution in [0, 0.1) is 0 Å². The first-order valence-corrected chi connectivity index (χ1v) is 11.4. The van der Waals surface area contributed by atoms with Gasteiger partial charge >= 0.3 is 12.0 Å². The largest absolute Gasteiger partial charge is 0.494 e. The highest BCUT2D eigenvalue weighted by atomic mass is 32.2. The lowest BCUT2D eigenvalue weighted by molar-refractivity contribution is -0.136. The van der Waals surface area contributed by atoms with E-state index in [4.69, 9.17) is 9.47 Å². The molecular weight excluding hydrogens is 430 g/mol. The predicted molar refractivity (Wildman–Crippen MR) is 120 cm³/mol. The van der Waals surface area contributed by atoms with E-state index in [1.165, 1.54) is 4.90 Å². The van der Waals surface area contributed by atoms with Crippen LogP contribution in [0.4, 0.5) is 10.5 Å². The molecule has 3 amide bonds. The zero-order valence-electron chi connectivity index (χ0n) is 17.7. The van der Waals surface area contributed by atoms with Crippen LogP contribution < -0.4 is 15.4 Å². The third-order valence-electron chi connectivity index (χ3n) is 5.18. The first-order valence-electron chi connectivity index (χ1n) is 10.2. The van der Waals surface area contributed by atoms with Crippen LogP contribution in [-0.4, -0.2) is 48.8 Å². The van der Waals surface area contributed by atoms with E-state index in [2.05, 4.69) is 10.6 Å². The minimum absolute atomic E-state index is 0.0653. The van der Waals surface area contributed by atoms with E-state index in [-0.39, 0.29) is 19.1 Å². The predicted octanol–water partition coefficient (Wildman–Crippen LogP) is 3.32. The van der Waals surface area contributed by atoms with Crippen molar-refractivity contribution in [2.45, 2.75) is 17.9 Å². The molecule has 2 aromatic carbocycles. The lowest BCUT2D eigenvalue weighted by Gasteiger charge is -2.33. The third kappa shape index (κ3) is 4.29. The Kier molecular flexibility index (Phi) is 6.36. The summed E-state index contributed by atoms with van der Waals surface area (Å²) in [6, 6.07) is 13.4. The first kappa shape index (κ1) is 21.8. The summed E-state index contributed by atoms with van der Waals surface area (Å²) in [5.41, 5.74) is 2.00.